The third kappa shape index (κ3) is 51.4. The van der Waals surface area contributed by atoms with Crippen LogP contribution in [0.2, 0.25) is 0 Å². The highest BCUT2D eigenvalue weighted by Gasteiger charge is 2.19. The van der Waals surface area contributed by atoms with E-state index in [0.717, 1.165) is 103 Å². The summed E-state index contributed by atoms with van der Waals surface area (Å²) in [5.41, 5.74) is 0. The zero-order chi connectivity index (χ0) is 47.2. The first-order valence-electron chi connectivity index (χ1n) is 27.1. The molecule has 0 saturated carbocycles. The molecule has 1 atom stereocenters. The van der Waals surface area contributed by atoms with Gasteiger partial charge in [-0.2, -0.15) is 0 Å². The van der Waals surface area contributed by atoms with E-state index in [9.17, 15) is 14.4 Å². The lowest BCUT2D eigenvalue weighted by atomic mass is 10.0. The molecule has 0 N–H and O–H groups in total. The number of allylic oxidation sites excluding steroid dienone is 14. The van der Waals surface area contributed by atoms with Crippen molar-refractivity contribution in [1.82, 2.24) is 0 Å². The standard InChI is InChI=1S/C59H100O6/c1-4-7-10-13-16-19-22-25-27-29-30-32-34-37-40-43-46-49-52-58(61)64-55-56(54-63-57(60)51-48-45-42-39-36-33-24-21-18-15-12-9-6-3)65-59(62)53-50-47-44-41-38-35-31-28-26-23-20-17-14-11-8-5-2/h8-9,11-12,15,17-18,20-21,24,26,28,33,36,56H,4-7,10,13-14,16,19,22-23,25,27,29-32,34-35,37-55H2,1-3H3/b11-8+,12-9+,18-15+,20-17+,24-21+,28-26+,36-33+. The molecular weight excluding hydrogens is 805 g/mol. The van der Waals surface area contributed by atoms with Gasteiger partial charge in [0.15, 0.2) is 6.10 Å². The lowest BCUT2D eigenvalue weighted by molar-refractivity contribution is -0.167. The van der Waals surface area contributed by atoms with Gasteiger partial charge < -0.3 is 14.2 Å². The molecule has 0 aliphatic rings. The number of carbonyl (C=O) groups is 3. The van der Waals surface area contributed by atoms with Crippen molar-refractivity contribution in [3.05, 3.63) is 85.1 Å². The van der Waals surface area contributed by atoms with Crippen LogP contribution >= 0.6 is 0 Å². The highest BCUT2D eigenvalue weighted by molar-refractivity contribution is 5.71. The molecule has 65 heavy (non-hydrogen) atoms. The van der Waals surface area contributed by atoms with E-state index < -0.39 is 6.10 Å². The fourth-order valence-corrected chi connectivity index (χ4v) is 7.47. The van der Waals surface area contributed by atoms with Gasteiger partial charge in [0.1, 0.15) is 13.2 Å². The summed E-state index contributed by atoms with van der Waals surface area (Å²) in [6, 6.07) is 0. The molecule has 0 aliphatic heterocycles. The summed E-state index contributed by atoms with van der Waals surface area (Å²) in [5.74, 6) is -0.943. The van der Waals surface area contributed by atoms with Gasteiger partial charge in [0, 0.05) is 19.3 Å². The lowest BCUT2D eigenvalue weighted by Gasteiger charge is -2.18. The van der Waals surface area contributed by atoms with E-state index in [0.29, 0.717) is 19.3 Å². The second kappa shape index (κ2) is 53.2. The van der Waals surface area contributed by atoms with Crippen molar-refractivity contribution < 1.29 is 28.6 Å². The molecule has 1 unspecified atom stereocenters. The maximum absolute atomic E-state index is 12.8. The van der Waals surface area contributed by atoms with Crippen LogP contribution in [0.4, 0.5) is 0 Å². The fraction of sp³-hybridized carbons (Fsp3) is 0.712. The summed E-state index contributed by atoms with van der Waals surface area (Å²) in [5, 5.41) is 0. The van der Waals surface area contributed by atoms with Crippen molar-refractivity contribution in [2.24, 2.45) is 0 Å². The van der Waals surface area contributed by atoms with Crippen LogP contribution in [-0.2, 0) is 28.6 Å². The predicted octanol–water partition coefficient (Wildman–Crippen LogP) is 18.0. The van der Waals surface area contributed by atoms with Gasteiger partial charge in [-0.1, -0.05) is 247 Å². The lowest BCUT2D eigenvalue weighted by Crippen LogP contribution is -2.30. The molecule has 0 radical (unpaired) electrons. The fourth-order valence-electron chi connectivity index (χ4n) is 7.47. The van der Waals surface area contributed by atoms with Crippen molar-refractivity contribution in [3.8, 4) is 0 Å². The molecule has 0 heterocycles. The van der Waals surface area contributed by atoms with Crippen LogP contribution in [0.25, 0.3) is 0 Å². The van der Waals surface area contributed by atoms with Crippen molar-refractivity contribution >= 4 is 17.9 Å². The van der Waals surface area contributed by atoms with Crippen LogP contribution in [-0.4, -0.2) is 37.2 Å². The largest absolute Gasteiger partial charge is 0.462 e. The first kappa shape index (κ1) is 61.6. The SMILES string of the molecule is CC/C=C/C=C/C=C/C=C/CCCCCC(=O)OCC(COC(=O)CCCCCCCCCCCCCCCCCCCC)OC(=O)CCCCCCCC/C=C/C/C=C/C/C=C/CC. The summed E-state index contributed by atoms with van der Waals surface area (Å²) in [6.45, 7) is 6.36. The minimum atomic E-state index is -0.798. The molecule has 0 aromatic rings. The van der Waals surface area contributed by atoms with E-state index in [-0.39, 0.29) is 31.1 Å². The van der Waals surface area contributed by atoms with E-state index >= 15 is 0 Å². The Kier molecular flexibility index (Phi) is 50.4. The zero-order valence-corrected chi connectivity index (χ0v) is 42.5. The van der Waals surface area contributed by atoms with E-state index in [2.05, 4.69) is 69.4 Å². The third-order valence-corrected chi connectivity index (χ3v) is 11.5. The number of ether oxygens (including phenoxy) is 3. The molecule has 0 spiro atoms. The molecule has 6 heteroatoms. The topological polar surface area (TPSA) is 78.9 Å². The van der Waals surface area contributed by atoms with E-state index in [1.165, 1.54) is 109 Å². The molecule has 0 aromatic carbocycles. The maximum Gasteiger partial charge on any atom is 0.306 e. The molecular formula is C59H100O6. The van der Waals surface area contributed by atoms with Crippen molar-refractivity contribution in [3.63, 3.8) is 0 Å². The Morgan fingerprint density at radius 3 is 1.14 bits per heavy atom. The van der Waals surface area contributed by atoms with E-state index in [4.69, 9.17) is 14.2 Å². The number of carbonyl (C=O) groups excluding carboxylic acids is 3. The minimum absolute atomic E-state index is 0.0933. The average molecular weight is 905 g/mol. The Bertz CT molecular complexity index is 1270. The highest BCUT2D eigenvalue weighted by atomic mass is 16.6. The van der Waals surface area contributed by atoms with E-state index in [1.807, 2.05) is 36.5 Å². The number of hydrogen-bond donors (Lipinski definition) is 0. The number of rotatable bonds is 48. The second-order valence-electron chi connectivity index (χ2n) is 17.8. The highest BCUT2D eigenvalue weighted by Crippen LogP contribution is 2.16. The van der Waals surface area contributed by atoms with Gasteiger partial charge in [-0.3, -0.25) is 14.4 Å². The Morgan fingerprint density at radius 2 is 0.677 bits per heavy atom. The molecule has 6 nitrogen and oxygen atoms in total. The molecule has 0 fully saturated rings. The van der Waals surface area contributed by atoms with Crippen molar-refractivity contribution in [1.29, 1.82) is 0 Å². The molecule has 0 saturated heterocycles. The summed E-state index contributed by atoms with van der Waals surface area (Å²) in [6.07, 6.45) is 68.6. The average Bonchev–Trinajstić information content (AvgIpc) is 3.30. The quantitative estimate of drug-likeness (QED) is 0.0199. The third-order valence-electron chi connectivity index (χ3n) is 11.5. The summed E-state index contributed by atoms with van der Waals surface area (Å²) < 4.78 is 16.8. The summed E-state index contributed by atoms with van der Waals surface area (Å²) >= 11 is 0. The van der Waals surface area contributed by atoms with Gasteiger partial charge in [-0.05, 0) is 70.6 Å². The number of hydrogen-bond acceptors (Lipinski definition) is 6. The normalized spacial score (nSPS) is 12.7. The van der Waals surface area contributed by atoms with Crippen LogP contribution in [0.5, 0.6) is 0 Å². The van der Waals surface area contributed by atoms with Crippen molar-refractivity contribution in [2.45, 2.75) is 258 Å². The Labute approximate surface area is 401 Å². The van der Waals surface area contributed by atoms with Crippen LogP contribution in [0, 0.1) is 0 Å². The van der Waals surface area contributed by atoms with Gasteiger partial charge >= 0.3 is 17.9 Å². The van der Waals surface area contributed by atoms with Gasteiger partial charge in [0.05, 0.1) is 0 Å². The van der Waals surface area contributed by atoms with Gasteiger partial charge in [0.25, 0.3) is 0 Å². The molecule has 0 aromatic heterocycles. The van der Waals surface area contributed by atoms with Crippen molar-refractivity contribution in [2.75, 3.05) is 13.2 Å². The number of unbranched alkanes of at least 4 members (excludes halogenated alkanes) is 26. The van der Waals surface area contributed by atoms with Gasteiger partial charge in [-0.25, -0.2) is 0 Å². The van der Waals surface area contributed by atoms with Crippen LogP contribution in [0.15, 0.2) is 85.1 Å². The Morgan fingerprint density at radius 1 is 0.338 bits per heavy atom. The van der Waals surface area contributed by atoms with E-state index in [1.54, 1.807) is 0 Å². The molecule has 372 valence electrons. The first-order chi connectivity index (χ1) is 32.0. The first-order valence-corrected chi connectivity index (χ1v) is 27.1. The summed E-state index contributed by atoms with van der Waals surface area (Å²) in [7, 11) is 0. The second-order valence-corrected chi connectivity index (χ2v) is 17.8. The Hall–Kier alpha value is -3.41. The molecule has 0 rings (SSSR count). The maximum atomic E-state index is 12.8. The van der Waals surface area contributed by atoms with Crippen LogP contribution in [0.3, 0.4) is 0 Å². The molecule has 0 amide bonds. The number of esters is 3. The van der Waals surface area contributed by atoms with Gasteiger partial charge in [-0.15, -0.1) is 0 Å². The van der Waals surface area contributed by atoms with Crippen LogP contribution in [0.1, 0.15) is 252 Å². The monoisotopic (exact) mass is 905 g/mol. The summed E-state index contributed by atoms with van der Waals surface area (Å²) in [4.78, 5) is 38.0. The zero-order valence-electron chi connectivity index (χ0n) is 42.5. The Balaban J connectivity index is 4.41. The van der Waals surface area contributed by atoms with Gasteiger partial charge in [0.2, 0.25) is 0 Å². The minimum Gasteiger partial charge on any atom is -0.462 e. The predicted molar refractivity (Wildman–Crippen MR) is 279 cm³/mol. The van der Waals surface area contributed by atoms with Crippen LogP contribution < -0.4 is 0 Å². The molecule has 0 aliphatic carbocycles. The molecule has 0 bridgehead atoms. The smallest absolute Gasteiger partial charge is 0.306 e.